The third-order valence-electron chi connectivity index (χ3n) is 4.06. The zero-order valence-electron chi connectivity index (χ0n) is 13.6. The third-order valence-corrected chi connectivity index (χ3v) is 4.30. The first kappa shape index (κ1) is 16.6. The highest BCUT2D eigenvalue weighted by Gasteiger charge is 2.31. The number of hydrogen-bond donors (Lipinski definition) is 0. The third kappa shape index (κ3) is 4.18. The summed E-state index contributed by atoms with van der Waals surface area (Å²) in [6.45, 7) is 0.640. The minimum absolute atomic E-state index is 0.0170. The van der Waals surface area contributed by atoms with Crippen LogP contribution >= 0.6 is 11.6 Å². The molecule has 1 aliphatic rings. The number of halogens is 1. The summed E-state index contributed by atoms with van der Waals surface area (Å²) in [5, 5.41) is 0.617. The molecule has 1 amide bonds. The average Bonchev–Trinajstić information content (AvgIpc) is 3.43. The number of rotatable bonds is 6. The van der Waals surface area contributed by atoms with Crippen LogP contribution in [0.15, 0.2) is 54.6 Å². The molecule has 0 aliphatic heterocycles. The summed E-state index contributed by atoms with van der Waals surface area (Å²) in [5.74, 6) is 0.716. The van der Waals surface area contributed by atoms with Gasteiger partial charge in [-0.05, 0) is 42.7 Å². The van der Waals surface area contributed by atoms with Gasteiger partial charge in [0.15, 0.2) is 0 Å². The van der Waals surface area contributed by atoms with Crippen LogP contribution < -0.4 is 4.74 Å². The van der Waals surface area contributed by atoms with Gasteiger partial charge in [0.1, 0.15) is 5.75 Å². The van der Waals surface area contributed by atoms with Crippen molar-refractivity contribution in [3.63, 3.8) is 0 Å². The van der Waals surface area contributed by atoms with Crippen molar-refractivity contribution in [2.75, 3.05) is 7.11 Å². The van der Waals surface area contributed by atoms with E-state index in [0.717, 1.165) is 24.0 Å². The van der Waals surface area contributed by atoms with E-state index in [1.807, 2.05) is 35.2 Å². The van der Waals surface area contributed by atoms with Crippen LogP contribution in [-0.2, 0) is 11.3 Å². The van der Waals surface area contributed by atoms with Gasteiger partial charge < -0.3 is 9.64 Å². The van der Waals surface area contributed by atoms with Crippen molar-refractivity contribution in [1.82, 2.24) is 4.90 Å². The smallest absolute Gasteiger partial charge is 0.247 e. The van der Waals surface area contributed by atoms with Gasteiger partial charge in [0, 0.05) is 29.2 Å². The minimum Gasteiger partial charge on any atom is -0.496 e. The van der Waals surface area contributed by atoms with Crippen molar-refractivity contribution >= 4 is 23.6 Å². The summed E-state index contributed by atoms with van der Waals surface area (Å²) in [6, 6.07) is 15.8. The largest absolute Gasteiger partial charge is 0.496 e. The van der Waals surface area contributed by atoms with E-state index in [1.165, 1.54) is 0 Å². The van der Waals surface area contributed by atoms with E-state index < -0.39 is 0 Å². The Labute approximate surface area is 147 Å². The molecule has 2 aromatic rings. The Hall–Kier alpha value is -2.26. The monoisotopic (exact) mass is 341 g/mol. The quantitative estimate of drug-likeness (QED) is 0.721. The first-order valence-corrected chi connectivity index (χ1v) is 8.41. The Balaban J connectivity index is 1.75. The van der Waals surface area contributed by atoms with E-state index in [1.54, 1.807) is 37.5 Å². The van der Waals surface area contributed by atoms with Crippen LogP contribution in [0.1, 0.15) is 24.0 Å². The number of carbonyl (C=O) groups excluding carboxylic acids is 1. The molecular formula is C20H20ClNO2. The Bertz CT molecular complexity index is 739. The molecule has 0 atom stereocenters. The van der Waals surface area contributed by atoms with Gasteiger partial charge in [-0.2, -0.15) is 0 Å². The van der Waals surface area contributed by atoms with E-state index in [-0.39, 0.29) is 5.91 Å². The molecule has 0 heterocycles. The highest BCUT2D eigenvalue weighted by atomic mass is 35.5. The second-order valence-electron chi connectivity index (χ2n) is 5.90. The van der Waals surface area contributed by atoms with Crippen LogP contribution in [-0.4, -0.2) is 24.0 Å². The van der Waals surface area contributed by atoms with Crippen LogP contribution in [0.25, 0.3) is 6.08 Å². The molecule has 24 heavy (non-hydrogen) atoms. The van der Waals surface area contributed by atoms with Crippen LogP contribution in [0.2, 0.25) is 5.02 Å². The minimum atomic E-state index is 0.0170. The number of hydrogen-bond acceptors (Lipinski definition) is 2. The summed E-state index contributed by atoms with van der Waals surface area (Å²) < 4.78 is 5.31. The molecule has 1 aliphatic carbocycles. The van der Waals surface area contributed by atoms with Crippen molar-refractivity contribution in [3.8, 4) is 5.75 Å². The van der Waals surface area contributed by atoms with E-state index >= 15 is 0 Å². The number of amides is 1. The highest BCUT2D eigenvalue weighted by Crippen LogP contribution is 2.29. The lowest BCUT2D eigenvalue weighted by molar-refractivity contribution is -0.127. The fraction of sp³-hybridized carbons (Fsp3) is 0.250. The number of nitrogens with zero attached hydrogens (tertiary/aromatic N) is 1. The normalized spacial score (nSPS) is 13.9. The predicted octanol–water partition coefficient (Wildman–Crippen LogP) is 4.55. The van der Waals surface area contributed by atoms with Gasteiger partial charge in [-0.15, -0.1) is 0 Å². The average molecular weight is 342 g/mol. The van der Waals surface area contributed by atoms with E-state index in [9.17, 15) is 4.79 Å². The summed E-state index contributed by atoms with van der Waals surface area (Å²) in [6.07, 6.45) is 5.53. The van der Waals surface area contributed by atoms with Crippen molar-refractivity contribution in [2.24, 2.45) is 0 Å². The van der Waals surface area contributed by atoms with Gasteiger partial charge in [0.25, 0.3) is 0 Å². The van der Waals surface area contributed by atoms with E-state index in [2.05, 4.69) is 0 Å². The van der Waals surface area contributed by atoms with Gasteiger partial charge in [0.2, 0.25) is 5.91 Å². The topological polar surface area (TPSA) is 29.5 Å². The zero-order valence-corrected chi connectivity index (χ0v) is 14.4. The Morgan fingerprint density at radius 3 is 2.67 bits per heavy atom. The molecule has 1 fully saturated rings. The molecule has 2 aromatic carbocycles. The van der Waals surface area contributed by atoms with Gasteiger partial charge in [0.05, 0.1) is 7.11 Å². The first-order chi connectivity index (χ1) is 11.7. The summed E-state index contributed by atoms with van der Waals surface area (Å²) in [5.41, 5.74) is 1.94. The Kier molecular flexibility index (Phi) is 5.21. The van der Waals surface area contributed by atoms with Crippen molar-refractivity contribution < 1.29 is 9.53 Å². The maximum absolute atomic E-state index is 12.7. The molecule has 3 nitrogen and oxygen atoms in total. The lowest BCUT2D eigenvalue weighted by atomic mass is 10.1. The van der Waals surface area contributed by atoms with Gasteiger partial charge >= 0.3 is 0 Å². The zero-order chi connectivity index (χ0) is 16.9. The summed E-state index contributed by atoms with van der Waals surface area (Å²) >= 11 is 6.03. The predicted molar refractivity (Wildman–Crippen MR) is 97.1 cm³/mol. The molecule has 0 radical (unpaired) electrons. The van der Waals surface area contributed by atoms with Crippen molar-refractivity contribution in [2.45, 2.75) is 25.4 Å². The molecule has 0 spiro atoms. The maximum Gasteiger partial charge on any atom is 0.247 e. The van der Waals surface area contributed by atoms with Crippen LogP contribution in [0.4, 0.5) is 0 Å². The lowest BCUT2D eigenvalue weighted by Crippen LogP contribution is -2.31. The van der Waals surface area contributed by atoms with Crippen LogP contribution in [0.5, 0.6) is 5.75 Å². The van der Waals surface area contributed by atoms with E-state index in [0.29, 0.717) is 23.4 Å². The molecule has 0 bridgehead atoms. The maximum atomic E-state index is 12.7. The van der Waals surface area contributed by atoms with Gasteiger partial charge in [-0.25, -0.2) is 0 Å². The molecule has 4 heteroatoms. The summed E-state index contributed by atoms with van der Waals surface area (Å²) in [7, 11) is 1.61. The van der Waals surface area contributed by atoms with Crippen molar-refractivity contribution in [3.05, 3.63) is 70.8 Å². The Morgan fingerprint density at radius 2 is 2.00 bits per heavy atom. The fourth-order valence-corrected chi connectivity index (χ4v) is 2.83. The van der Waals surface area contributed by atoms with Crippen LogP contribution in [0.3, 0.4) is 0 Å². The molecule has 0 unspecified atom stereocenters. The molecule has 1 saturated carbocycles. The van der Waals surface area contributed by atoms with Crippen molar-refractivity contribution in [1.29, 1.82) is 0 Å². The summed E-state index contributed by atoms with van der Waals surface area (Å²) in [4.78, 5) is 14.6. The van der Waals surface area contributed by atoms with E-state index in [4.69, 9.17) is 16.3 Å². The SMILES string of the molecule is COc1ccc(Cl)cc1C=CC(=O)N(Cc1ccccc1)C1CC1. The molecule has 124 valence electrons. The highest BCUT2D eigenvalue weighted by molar-refractivity contribution is 6.30. The van der Waals surface area contributed by atoms with Gasteiger partial charge in [-0.3, -0.25) is 4.79 Å². The first-order valence-electron chi connectivity index (χ1n) is 8.03. The van der Waals surface area contributed by atoms with Gasteiger partial charge in [-0.1, -0.05) is 41.9 Å². The number of carbonyl (C=O) groups is 1. The second kappa shape index (κ2) is 7.54. The molecule has 3 rings (SSSR count). The number of benzene rings is 2. The standard InChI is InChI=1S/C20H20ClNO2/c1-24-19-11-8-17(21)13-16(19)7-12-20(23)22(18-9-10-18)14-15-5-3-2-4-6-15/h2-8,11-13,18H,9-10,14H2,1H3. The Morgan fingerprint density at radius 1 is 1.25 bits per heavy atom. The molecule has 0 N–H and O–H groups in total. The lowest BCUT2D eigenvalue weighted by Gasteiger charge is -2.21. The number of ether oxygens (including phenoxy) is 1. The molecular weight excluding hydrogens is 322 g/mol. The molecule has 0 aromatic heterocycles. The van der Waals surface area contributed by atoms with Crippen LogP contribution in [0, 0.1) is 0 Å². The fourth-order valence-electron chi connectivity index (χ4n) is 2.65. The number of methoxy groups -OCH3 is 1. The second-order valence-corrected chi connectivity index (χ2v) is 6.34. The molecule has 0 saturated heterocycles.